The van der Waals surface area contributed by atoms with E-state index in [0.29, 0.717) is 12.3 Å². The fourth-order valence-electron chi connectivity index (χ4n) is 6.57. The van der Waals surface area contributed by atoms with E-state index in [4.69, 9.17) is 9.47 Å². The summed E-state index contributed by atoms with van der Waals surface area (Å²) in [7, 11) is 0. The normalized spacial score (nSPS) is 14.5. The maximum atomic E-state index is 9.52. The molecule has 0 aromatic rings. The Labute approximate surface area is 287 Å². The highest BCUT2D eigenvalue weighted by Gasteiger charge is 2.24. The minimum Gasteiger partial charge on any atom is -0.493 e. The molecular formula is C42H78N2O2. The topological polar surface area (TPSA) is 54.9 Å². The van der Waals surface area contributed by atoms with Crippen LogP contribution in [0, 0.1) is 0 Å². The van der Waals surface area contributed by atoms with Crippen molar-refractivity contribution in [2.75, 3.05) is 13.2 Å². The van der Waals surface area contributed by atoms with Crippen molar-refractivity contribution in [2.24, 2.45) is 0 Å². The van der Waals surface area contributed by atoms with Crippen molar-refractivity contribution in [3.63, 3.8) is 0 Å². The molecule has 0 aromatic heterocycles. The lowest BCUT2D eigenvalue weighted by Gasteiger charge is -2.14. The number of nitrogens with zero attached hydrogens (tertiary/aromatic N) is 2. The third-order valence-electron chi connectivity index (χ3n) is 9.69. The number of unbranched alkanes of at least 4 members (excludes halogenated alkanes) is 30. The molecular weight excluding hydrogens is 564 g/mol. The van der Waals surface area contributed by atoms with E-state index in [1.807, 2.05) is 18.2 Å². The van der Waals surface area contributed by atoms with Crippen molar-refractivity contribution in [3.8, 4) is 0 Å². The number of ether oxygens (including phenoxy) is 2. The third-order valence-corrected chi connectivity index (χ3v) is 9.69. The molecule has 268 valence electrons. The van der Waals surface area contributed by atoms with Crippen molar-refractivity contribution in [3.05, 3.63) is 29.5 Å². The van der Waals surface area contributed by atoms with Gasteiger partial charge in [-0.15, -0.1) is 0 Å². The molecule has 1 rings (SSSR count). The van der Waals surface area contributed by atoms with Gasteiger partial charge in [0.05, 0.1) is 12.7 Å². The van der Waals surface area contributed by atoms with Crippen LogP contribution in [0.15, 0.2) is 24.0 Å². The quantitative estimate of drug-likeness (QED) is 0.0388. The zero-order valence-electron chi connectivity index (χ0n) is 31.1. The third kappa shape index (κ3) is 27.7. The van der Waals surface area contributed by atoms with Crippen molar-refractivity contribution in [1.29, 1.82) is 0 Å². The lowest BCUT2D eigenvalue weighted by Crippen LogP contribution is -2.25. The molecule has 0 saturated heterocycles. The highest BCUT2D eigenvalue weighted by Crippen LogP contribution is 2.17. The first kappa shape index (κ1) is 42.6. The number of hydrogen-bond acceptors (Lipinski definition) is 2. The van der Waals surface area contributed by atoms with Gasteiger partial charge in [-0.2, -0.15) is 4.79 Å². The SMILES string of the molecule is CCCCCCCCCCCCCCCCCCOC1=CC(=[N+]=[N-])C(OCCCCCCCCCCCCCCCCCC)C=C1. The van der Waals surface area contributed by atoms with E-state index in [1.165, 1.54) is 193 Å². The van der Waals surface area contributed by atoms with Crippen LogP contribution in [-0.2, 0) is 9.47 Å². The Morgan fingerprint density at radius 1 is 0.478 bits per heavy atom. The molecule has 0 spiro atoms. The number of hydrogen-bond donors (Lipinski definition) is 0. The summed E-state index contributed by atoms with van der Waals surface area (Å²) >= 11 is 0. The molecule has 0 radical (unpaired) electrons. The summed E-state index contributed by atoms with van der Waals surface area (Å²) in [5.41, 5.74) is 10.1. The van der Waals surface area contributed by atoms with E-state index >= 15 is 0 Å². The molecule has 1 atom stereocenters. The van der Waals surface area contributed by atoms with Crippen LogP contribution in [-0.4, -0.2) is 29.8 Å². The average molecular weight is 643 g/mol. The Morgan fingerprint density at radius 3 is 1.15 bits per heavy atom. The smallest absolute Gasteiger partial charge is 0.328 e. The van der Waals surface area contributed by atoms with Crippen LogP contribution in [0.1, 0.15) is 219 Å². The molecule has 0 heterocycles. The second kappa shape index (κ2) is 34.9. The van der Waals surface area contributed by atoms with Gasteiger partial charge in [0.25, 0.3) is 0 Å². The minimum atomic E-state index is -0.274. The van der Waals surface area contributed by atoms with Gasteiger partial charge < -0.3 is 15.0 Å². The zero-order chi connectivity index (χ0) is 33.0. The van der Waals surface area contributed by atoms with Crippen molar-refractivity contribution in [1.82, 2.24) is 0 Å². The summed E-state index contributed by atoms with van der Waals surface area (Å²) in [5.74, 6) is 0.774. The van der Waals surface area contributed by atoms with E-state index < -0.39 is 0 Å². The fraction of sp³-hybridized carbons (Fsp3) is 0.881. The Kier molecular flexibility index (Phi) is 32.4. The van der Waals surface area contributed by atoms with Gasteiger partial charge in [-0.05, 0) is 25.0 Å². The van der Waals surface area contributed by atoms with Crippen LogP contribution < -0.4 is 0 Å². The molecule has 0 aromatic carbocycles. The summed E-state index contributed by atoms with van der Waals surface area (Å²) in [5, 5.41) is 0. The van der Waals surface area contributed by atoms with Crippen LogP contribution in [0.5, 0.6) is 0 Å². The Balaban J connectivity index is 1.88. The molecule has 0 bridgehead atoms. The zero-order valence-corrected chi connectivity index (χ0v) is 31.1. The van der Waals surface area contributed by atoms with Crippen LogP contribution >= 0.6 is 0 Å². The molecule has 46 heavy (non-hydrogen) atoms. The van der Waals surface area contributed by atoms with E-state index in [0.717, 1.165) is 25.2 Å². The Bertz CT molecular complexity index is 755. The van der Waals surface area contributed by atoms with E-state index in [1.54, 1.807) is 0 Å². The largest absolute Gasteiger partial charge is 0.493 e. The predicted octanol–water partition coefficient (Wildman–Crippen LogP) is 14.0. The molecule has 1 aliphatic rings. The highest BCUT2D eigenvalue weighted by atomic mass is 16.5. The van der Waals surface area contributed by atoms with Gasteiger partial charge in [-0.25, -0.2) is 0 Å². The van der Waals surface area contributed by atoms with Gasteiger partial charge in [-0.1, -0.05) is 206 Å². The molecule has 1 unspecified atom stereocenters. The average Bonchev–Trinajstić information content (AvgIpc) is 3.07. The van der Waals surface area contributed by atoms with E-state index in [-0.39, 0.29) is 6.10 Å². The lowest BCUT2D eigenvalue weighted by atomic mass is 10.0. The molecule has 0 aliphatic heterocycles. The Hall–Kier alpha value is -1.38. The van der Waals surface area contributed by atoms with Crippen LogP contribution in [0.2, 0.25) is 0 Å². The lowest BCUT2D eigenvalue weighted by molar-refractivity contribution is -0.0233. The summed E-state index contributed by atoms with van der Waals surface area (Å²) in [6.45, 7) is 6.01. The maximum Gasteiger partial charge on any atom is 0.328 e. The summed E-state index contributed by atoms with van der Waals surface area (Å²) < 4.78 is 12.0. The summed E-state index contributed by atoms with van der Waals surface area (Å²) in [6, 6.07) is 0. The summed E-state index contributed by atoms with van der Waals surface area (Å²) in [6.07, 6.45) is 49.4. The van der Waals surface area contributed by atoms with Gasteiger partial charge in [0, 0.05) is 6.61 Å². The standard InChI is InChI=1S/C42H78N2O2/c1-3-5-7-9-11-13-15-17-19-21-23-25-27-29-31-33-37-45-40-35-36-42(41(39-40)44-43)46-38-34-32-30-28-26-24-22-20-18-16-14-12-10-8-6-4-2/h35-36,39,42H,3-34,37-38H2,1-2H3. The molecule has 0 fully saturated rings. The maximum absolute atomic E-state index is 9.52. The second-order valence-electron chi connectivity index (χ2n) is 14.2. The first-order valence-electron chi connectivity index (χ1n) is 20.7. The van der Waals surface area contributed by atoms with Crippen LogP contribution in [0.4, 0.5) is 0 Å². The van der Waals surface area contributed by atoms with Crippen molar-refractivity contribution < 1.29 is 14.3 Å². The molecule has 4 nitrogen and oxygen atoms in total. The second-order valence-corrected chi connectivity index (χ2v) is 14.2. The number of rotatable bonds is 36. The monoisotopic (exact) mass is 643 g/mol. The molecule has 1 aliphatic carbocycles. The first-order chi connectivity index (χ1) is 22.8. The Morgan fingerprint density at radius 2 is 0.804 bits per heavy atom. The van der Waals surface area contributed by atoms with Crippen LogP contribution in [0.25, 0.3) is 5.53 Å². The van der Waals surface area contributed by atoms with Gasteiger partial charge in [0.15, 0.2) is 6.10 Å². The molecule has 0 saturated carbocycles. The van der Waals surface area contributed by atoms with Crippen LogP contribution in [0.3, 0.4) is 0 Å². The molecule has 4 heteroatoms. The highest BCUT2D eigenvalue weighted by molar-refractivity contribution is 5.97. The van der Waals surface area contributed by atoms with E-state index in [2.05, 4.69) is 18.6 Å². The molecule has 0 N–H and O–H groups in total. The van der Waals surface area contributed by atoms with Crippen molar-refractivity contribution in [2.45, 2.75) is 225 Å². The van der Waals surface area contributed by atoms with Crippen molar-refractivity contribution >= 4 is 5.71 Å². The van der Waals surface area contributed by atoms with Gasteiger partial charge in [0.2, 0.25) is 0 Å². The minimum absolute atomic E-state index is 0.274. The summed E-state index contributed by atoms with van der Waals surface area (Å²) in [4.78, 5) is 3.49. The predicted molar refractivity (Wildman–Crippen MR) is 201 cm³/mol. The van der Waals surface area contributed by atoms with Gasteiger partial charge in [0.1, 0.15) is 5.76 Å². The van der Waals surface area contributed by atoms with Gasteiger partial charge >= 0.3 is 5.71 Å². The first-order valence-corrected chi connectivity index (χ1v) is 20.7. The van der Waals surface area contributed by atoms with Gasteiger partial charge in [-0.3, -0.25) is 0 Å². The molecule has 0 amide bonds. The fourth-order valence-corrected chi connectivity index (χ4v) is 6.57. The van der Waals surface area contributed by atoms with E-state index in [9.17, 15) is 5.53 Å². The number of allylic oxidation sites excluding steroid dienone is 1.